The van der Waals surface area contributed by atoms with Gasteiger partial charge in [0.15, 0.2) is 17.4 Å². The first kappa shape index (κ1) is 20.8. The van der Waals surface area contributed by atoms with Gasteiger partial charge in [-0.2, -0.15) is 4.98 Å². The predicted molar refractivity (Wildman–Crippen MR) is 108 cm³/mol. The number of benzene rings is 2. The highest BCUT2D eigenvalue weighted by atomic mass is 19.1. The number of nitrogens with zero attached hydrogens (tertiary/aromatic N) is 3. The summed E-state index contributed by atoms with van der Waals surface area (Å²) in [6, 6.07) is 8.82. The third-order valence-corrected chi connectivity index (χ3v) is 5.24. The number of halogens is 3. The number of ether oxygens (including phenoxy) is 2. The van der Waals surface area contributed by atoms with Crippen molar-refractivity contribution in [2.75, 3.05) is 11.9 Å². The Morgan fingerprint density at radius 3 is 2.45 bits per heavy atom. The van der Waals surface area contributed by atoms with Crippen molar-refractivity contribution < 1.29 is 22.6 Å². The molecular formula is C22H20F3N3O3. The van der Waals surface area contributed by atoms with Gasteiger partial charge in [-0.3, -0.25) is 4.57 Å². The number of hydrogen-bond acceptors (Lipinski definition) is 5. The smallest absolute Gasteiger partial charge is 0.352 e. The van der Waals surface area contributed by atoms with E-state index in [1.54, 1.807) is 10.6 Å². The van der Waals surface area contributed by atoms with Crippen molar-refractivity contribution in [3.63, 3.8) is 0 Å². The zero-order valence-electron chi connectivity index (χ0n) is 16.9. The van der Waals surface area contributed by atoms with Gasteiger partial charge in [0.25, 0.3) is 0 Å². The zero-order valence-corrected chi connectivity index (χ0v) is 16.9. The molecule has 6 nitrogen and oxygen atoms in total. The second kappa shape index (κ2) is 8.33. The molecule has 4 rings (SSSR count). The number of anilines is 1. The van der Waals surface area contributed by atoms with Gasteiger partial charge in [-0.25, -0.2) is 18.0 Å². The maximum Gasteiger partial charge on any atom is 0.352 e. The van der Waals surface area contributed by atoms with Gasteiger partial charge in [0.1, 0.15) is 24.0 Å². The van der Waals surface area contributed by atoms with Crippen LogP contribution in [0.4, 0.5) is 19.0 Å². The summed E-state index contributed by atoms with van der Waals surface area (Å²) < 4.78 is 54.1. The average Bonchev–Trinajstić information content (AvgIpc) is 2.73. The van der Waals surface area contributed by atoms with E-state index < -0.39 is 28.9 Å². The molecule has 0 amide bonds. The van der Waals surface area contributed by atoms with Gasteiger partial charge in [-0.15, -0.1) is 0 Å². The number of hydrogen-bond donors (Lipinski definition) is 0. The van der Waals surface area contributed by atoms with Crippen LogP contribution >= 0.6 is 0 Å². The first-order valence-electron chi connectivity index (χ1n) is 9.70. The van der Waals surface area contributed by atoms with Crippen molar-refractivity contribution in [3.05, 3.63) is 76.0 Å². The molecule has 0 N–H and O–H groups in total. The molecule has 162 valence electrons. The van der Waals surface area contributed by atoms with Crippen molar-refractivity contribution in [1.82, 2.24) is 9.55 Å². The van der Waals surface area contributed by atoms with E-state index in [2.05, 4.69) is 11.9 Å². The summed E-state index contributed by atoms with van der Waals surface area (Å²) in [5.41, 5.74) is -0.241. The Morgan fingerprint density at radius 2 is 1.77 bits per heavy atom. The van der Waals surface area contributed by atoms with E-state index in [9.17, 15) is 18.0 Å². The van der Waals surface area contributed by atoms with Gasteiger partial charge >= 0.3 is 5.69 Å². The molecule has 3 aromatic rings. The van der Waals surface area contributed by atoms with Gasteiger partial charge < -0.3 is 14.4 Å². The molecule has 0 radical (unpaired) electrons. The molecule has 0 aliphatic carbocycles. The molecule has 0 spiro atoms. The van der Waals surface area contributed by atoms with Crippen molar-refractivity contribution in [1.29, 1.82) is 0 Å². The molecule has 0 unspecified atom stereocenters. The number of rotatable bonds is 5. The summed E-state index contributed by atoms with van der Waals surface area (Å²) >= 11 is 0. The van der Waals surface area contributed by atoms with Gasteiger partial charge in [0.2, 0.25) is 5.88 Å². The van der Waals surface area contributed by atoms with E-state index in [0.717, 1.165) is 30.7 Å². The van der Waals surface area contributed by atoms with Crippen molar-refractivity contribution in [2.45, 2.75) is 32.5 Å². The van der Waals surface area contributed by atoms with E-state index in [-0.39, 0.29) is 29.8 Å². The van der Waals surface area contributed by atoms with Crippen LogP contribution in [-0.4, -0.2) is 22.6 Å². The summed E-state index contributed by atoms with van der Waals surface area (Å²) in [4.78, 5) is 18.1. The standard InChI is InChI=1S/C22H20F3N3O3/c1-13-7-8-28-20(27(13)2)11-19(26-22(28)29)30-12-14-9-17(24)21(18(25)10-14)31-16-5-3-15(23)4-6-16/h3-6,9-11,13H,7-8,12H2,1-2H3/t13-/m1/s1. The molecule has 0 fully saturated rings. The lowest BCUT2D eigenvalue weighted by atomic mass is 10.1. The minimum Gasteiger partial charge on any atom is -0.473 e. The fraction of sp³-hybridized carbons (Fsp3) is 0.273. The van der Waals surface area contributed by atoms with Gasteiger partial charge in [0.05, 0.1) is 0 Å². The number of fused-ring (bicyclic) bond motifs is 1. The molecule has 31 heavy (non-hydrogen) atoms. The monoisotopic (exact) mass is 431 g/mol. The molecule has 1 aromatic heterocycles. The van der Waals surface area contributed by atoms with Crippen molar-refractivity contribution >= 4 is 5.82 Å². The molecule has 1 aliphatic rings. The summed E-state index contributed by atoms with van der Waals surface area (Å²) in [6.07, 6.45) is 0.830. The van der Waals surface area contributed by atoms with Gasteiger partial charge in [-0.1, -0.05) is 0 Å². The largest absolute Gasteiger partial charge is 0.473 e. The maximum atomic E-state index is 14.4. The Kier molecular flexibility index (Phi) is 5.58. The van der Waals surface area contributed by atoms with E-state index in [4.69, 9.17) is 9.47 Å². The van der Waals surface area contributed by atoms with Gasteiger partial charge in [-0.05, 0) is 55.3 Å². The lowest BCUT2D eigenvalue weighted by molar-refractivity contribution is 0.287. The highest BCUT2D eigenvalue weighted by molar-refractivity contribution is 5.44. The minimum absolute atomic E-state index is 0.0738. The Hall–Kier alpha value is -3.49. The van der Waals surface area contributed by atoms with Crippen molar-refractivity contribution in [2.24, 2.45) is 0 Å². The molecule has 1 atom stereocenters. The van der Waals surface area contributed by atoms with Crippen LogP contribution in [0.25, 0.3) is 0 Å². The van der Waals surface area contributed by atoms with Crippen LogP contribution in [0.1, 0.15) is 18.9 Å². The third-order valence-electron chi connectivity index (χ3n) is 5.24. The van der Waals surface area contributed by atoms with Crippen LogP contribution in [0, 0.1) is 17.5 Å². The SMILES string of the molecule is C[C@@H]1CCn2c(cc(OCc3cc(F)c(Oc4ccc(F)cc4)c(F)c3)nc2=O)N1C. The second-order valence-electron chi connectivity index (χ2n) is 7.37. The average molecular weight is 431 g/mol. The van der Waals surface area contributed by atoms with Crippen LogP contribution < -0.4 is 20.1 Å². The molecule has 0 saturated carbocycles. The molecule has 1 aliphatic heterocycles. The predicted octanol–water partition coefficient (Wildman–Crippen LogP) is 4.26. The molecule has 2 heterocycles. The van der Waals surface area contributed by atoms with Crippen LogP contribution in [0.15, 0.2) is 47.3 Å². The second-order valence-corrected chi connectivity index (χ2v) is 7.37. The van der Waals surface area contributed by atoms with E-state index in [1.807, 2.05) is 11.9 Å². The summed E-state index contributed by atoms with van der Waals surface area (Å²) in [5.74, 6) is -2.11. The van der Waals surface area contributed by atoms with Crippen molar-refractivity contribution in [3.8, 4) is 17.4 Å². The molecule has 0 saturated heterocycles. The Bertz CT molecular complexity index is 1140. The fourth-order valence-electron chi connectivity index (χ4n) is 3.36. The Balaban J connectivity index is 1.51. The van der Waals surface area contributed by atoms with E-state index >= 15 is 0 Å². The quantitative estimate of drug-likeness (QED) is 0.604. The first-order chi connectivity index (χ1) is 14.8. The van der Waals surface area contributed by atoms with Crippen LogP contribution in [0.5, 0.6) is 17.4 Å². The lowest BCUT2D eigenvalue weighted by Gasteiger charge is -2.34. The fourth-order valence-corrected chi connectivity index (χ4v) is 3.36. The third kappa shape index (κ3) is 4.35. The Morgan fingerprint density at radius 1 is 1.10 bits per heavy atom. The van der Waals surface area contributed by atoms with Crippen LogP contribution in [-0.2, 0) is 13.2 Å². The maximum absolute atomic E-state index is 14.4. The molecule has 0 bridgehead atoms. The topological polar surface area (TPSA) is 56.6 Å². The molecule has 2 aromatic carbocycles. The summed E-state index contributed by atoms with van der Waals surface area (Å²) in [7, 11) is 1.88. The van der Waals surface area contributed by atoms with Crippen LogP contribution in [0.3, 0.4) is 0 Å². The van der Waals surface area contributed by atoms with E-state index in [1.165, 1.54) is 12.1 Å². The Labute approximate surface area is 176 Å². The number of aromatic nitrogens is 2. The molecule has 9 heteroatoms. The highest BCUT2D eigenvalue weighted by Gasteiger charge is 2.22. The van der Waals surface area contributed by atoms with Gasteiger partial charge in [0, 0.05) is 25.7 Å². The zero-order chi connectivity index (χ0) is 22.1. The first-order valence-corrected chi connectivity index (χ1v) is 9.70. The van der Waals surface area contributed by atoms with E-state index in [0.29, 0.717) is 12.4 Å². The summed E-state index contributed by atoms with van der Waals surface area (Å²) in [5, 5.41) is 0. The molecular weight excluding hydrogens is 411 g/mol. The minimum atomic E-state index is -0.935. The summed E-state index contributed by atoms with van der Waals surface area (Å²) in [6.45, 7) is 2.43. The highest BCUT2D eigenvalue weighted by Crippen LogP contribution is 2.29. The normalized spacial score (nSPS) is 15.5. The lowest BCUT2D eigenvalue weighted by Crippen LogP contribution is -2.41. The van der Waals surface area contributed by atoms with Crippen LogP contribution in [0.2, 0.25) is 0 Å².